The van der Waals surface area contributed by atoms with Gasteiger partial charge in [-0.25, -0.2) is 9.37 Å². The van der Waals surface area contributed by atoms with Gasteiger partial charge in [0.1, 0.15) is 23.2 Å². The van der Waals surface area contributed by atoms with Crippen LogP contribution in [-0.4, -0.2) is 17.5 Å². The fourth-order valence-corrected chi connectivity index (χ4v) is 3.95. The first-order valence-corrected chi connectivity index (χ1v) is 11.7. The van der Waals surface area contributed by atoms with E-state index in [-0.39, 0.29) is 11.4 Å². The minimum Gasteiger partial charge on any atom is -0.494 e. The van der Waals surface area contributed by atoms with Gasteiger partial charge in [0.05, 0.1) is 6.61 Å². The Bertz CT molecular complexity index is 1120. The minimum absolute atomic E-state index is 0.0153. The van der Waals surface area contributed by atoms with Gasteiger partial charge in [-0.05, 0) is 47.9 Å². The number of unbranched alkanes of at least 4 members (excludes halogenated alkanes) is 3. The van der Waals surface area contributed by atoms with Crippen molar-refractivity contribution in [1.82, 2.24) is 4.98 Å². The highest BCUT2D eigenvalue weighted by molar-refractivity contribution is 7.15. The number of amides is 1. The third-order valence-corrected chi connectivity index (χ3v) is 5.80. The number of aromatic nitrogens is 1. The van der Waals surface area contributed by atoms with Crippen LogP contribution in [0.3, 0.4) is 0 Å². The zero-order chi connectivity index (χ0) is 23.5. The molecule has 0 spiro atoms. The molecule has 1 amide bonds. The van der Waals surface area contributed by atoms with E-state index in [9.17, 15) is 14.4 Å². The summed E-state index contributed by atoms with van der Waals surface area (Å²) in [4.78, 5) is 17.7. The lowest BCUT2D eigenvalue weighted by Crippen LogP contribution is -2.13. The summed E-state index contributed by atoms with van der Waals surface area (Å²) >= 11 is 1.32. The second-order valence-electron chi connectivity index (χ2n) is 7.54. The second kappa shape index (κ2) is 12.5. The fourth-order valence-electron chi connectivity index (χ4n) is 3.11. The van der Waals surface area contributed by atoms with Crippen LogP contribution in [0.15, 0.2) is 60.3 Å². The molecule has 0 saturated carbocycles. The van der Waals surface area contributed by atoms with Crippen molar-refractivity contribution in [2.24, 2.45) is 0 Å². The van der Waals surface area contributed by atoms with Gasteiger partial charge in [0.2, 0.25) is 0 Å². The molecule has 5 nitrogen and oxygen atoms in total. The number of halogens is 1. The summed E-state index contributed by atoms with van der Waals surface area (Å²) in [5.41, 5.74) is 1.67. The average molecular weight is 464 g/mol. The van der Waals surface area contributed by atoms with Gasteiger partial charge in [0, 0.05) is 17.5 Å². The minimum atomic E-state index is -0.517. The van der Waals surface area contributed by atoms with Crippen LogP contribution in [-0.2, 0) is 11.2 Å². The van der Waals surface area contributed by atoms with E-state index >= 15 is 0 Å². The van der Waals surface area contributed by atoms with Crippen molar-refractivity contribution in [1.29, 1.82) is 5.26 Å². The zero-order valence-corrected chi connectivity index (χ0v) is 19.3. The lowest BCUT2D eigenvalue weighted by molar-refractivity contribution is -0.112. The molecule has 0 unspecified atom stereocenters. The van der Waals surface area contributed by atoms with Gasteiger partial charge >= 0.3 is 0 Å². The van der Waals surface area contributed by atoms with Gasteiger partial charge in [0.15, 0.2) is 5.13 Å². The summed E-state index contributed by atoms with van der Waals surface area (Å²) in [6.45, 7) is 2.85. The summed E-state index contributed by atoms with van der Waals surface area (Å²) in [5.74, 6) is -0.0316. The van der Waals surface area contributed by atoms with Gasteiger partial charge in [0.25, 0.3) is 5.91 Å². The summed E-state index contributed by atoms with van der Waals surface area (Å²) in [6.07, 6.45) is 8.37. The highest BCUT2D eigenvalue weighted by Gasteiger charge is 2.12. The largest absolute Gasteiger partial charge is 0.494 e. The average Bonchev–Trinajstić information content (AvgIpc) is 3.26. The van der Waals surface area contributed by atoms with Gasteiger partial charge in [-0.1, -0.05) is 50.5 Å². The number of benzene rings is 2. The van der Waals surface area contributed by atoms with E-state index in [0.29, 0.717) is 18.2 Å². The van der Waals surface area contributed by atoms with Crippen LogP contribution >= 0.6 is 11.3 Å². The maximum Gasteiger partial charge on any atom is 0.268 e. The monoisotopic (exact) mass is 463 g/mol. The van der Waals surface area contributed by atoms with Crippen molar-refractivity contribution in [2.75, 3.05) is 11.9 Å². The number of carbonyl (C=O) groups excluding carboxylic acids is 1. The molecule has 170 valence electrons. The van der Waals surface area contributed by atoms with Crippen molar-refractivity contribution in [3.05, 3.63) is 82.1 Å². The van der Waals surface area contributed by atoms with Gasteiger partial charge < -0.3 is 4.74 Å². The van der Waals surface area contributed by atoms with Gasteiger partial charge in [-0.15, -0.1) is 11.3 Å². The third-order valence-electron chi connectivity index (χ3n) is 4.89. The number of nitrogens with zero attached hydrogens (tertiary/aromatic N) is 2. The highest BCUT2D eigenvalue weighted by atomic mass is 32.1. The SMILES string of the molecule is CCCCCCOc1ccc(/C=C(\C#N)C(=O)Nc2ncc(Cc3ccc(F)cc3)s2)cc1. The molecule has 1 aromatic heterocycles. The Morgan fingerprint density at radius 1 is 1.15 bits per heavy atom. The van der Waals surface area contributed by atoms with Crippen molar-refractivity contribution < 1.29 is 13.9 Å². The Balaban J connectivity index is 1.56. The molecule has 0 aliphatic rings. The smallest absolute Gasteiger partial charge is 0.268 e. The van der Waals surface area contributed by atoms with E-state index in [0.717, 1.165) is 34.6 Å². The zero-order valence-electron chi connectivity index (χ0n) is 18.5. The van der Waals surface area contributed by atoms with Crippen LogP contribution in [0, 0.1) is 17.1 Å². The van der Waals surface area contributed by atoms with Gasteiger partial charge in [-0.2, -0.15) is 5.26 Å². The van der Waals surface area contributed by atoms with E-state index in [1.165, 1.54) is 42.4 Å². The quantitative estimate of drug-likeness (QED) is 0.203. The predicted molar refractivity (Wildman–Crippen MR) is 130 cm³/mol. The number of hydrogen-bond acceptors (Lipinski definition) is 5. The number of nitriles is 1. The molecule has 1 heterocycles. The molecule has 0 aliphatic carbocycles. The molecule has 3 rings (SSSR count). The molecule has 2 aromatic carbocycles. The molecule has 1 N–H and O–H groups in total. The molecule has 0 saturated heterocycles. The first-order chi connectivity index (χ1) is 16.1. The summed E-state index contributed by atoms with van der Waals surface area (Å²) in [6, 6.07) is 15.5. The standard InChI is InChI=1S/C26H26FN3O2S/c1-2-3-4-5-14-32-23-12-8-19(9-13-23)15-21(17-28)25(31)30-26-29-18-24(33-26)16-20-6-10-22(27)11-7-20/h6-13,15,18H,2-5,14,16H2,1H3,(H,29,30,31)/b21-15+. The van der Waals surface area contributed by atoms with E-state index in [4.69, 9.17) is 4.74 Å². The second-order valence-corrected chi connectivity index (χ2v) is 8.65. The lowest BCUT2D eigenvalue weighted by Gasteiger charge is -2.06. The summed E-state index contributed by atoms with van der Waals surface area (Å²) in [5, 5.41) is 12.5. The molecule has 33 heavy (non-hydrogen) atoms. The Kier molecular flexibility index (Phi) is 9.16. The number of rotatable bonds is 11. The normalized spacial score (nSPS) is 11.1. The van der Waals surface area contributed by atoms with Gasteiger partial charge in [-0.3, -0.25) is 10.1 Å². The molecule has 0 bridgehead atoms. The van der Waals surface area contributed by atoms with Crippen molar-refractivity contribution in [2.45, 2.75) is 39.0 Å². The molecule has 0 aliphatic heterocycles. The molecule has 0 fully saturated rings. The van der Waals surface area contributed by atoms with E-state index in [1.54, 1.807) is 18.3 Å². The summed E-state index contributed by atoms with van der Waals surface area (Å²) < 4.78 is 18.8. The number of thiazole rings is 1. The van der Waals surface area contributed by atoms with E-state index < -0.39 is 5.91 Å². The fraction of sp³-hybridized carbons (Fsp3) is 0.269. The van der Waals surface area contributed by atoms with Crippen LogP contribution in [0.25, 0.3) is 6.08 Å². The van der Waals surface area contributed by atoms with Crippen LogP contribution in [0.4, 0.5) is 9.52 Å². The number of anilines is 1. The lowest BCUT2D eigenvalue weighted by atomic mass is 10.1. The number of ether oxygens (including phenoxy) is 1. The molecule has 0 atom stereocenters. The van der Waals surface area contributed by atoms with Crippen LogP contribution in [0.2, 0.25) is 0 Å². The Morgan fingerprint density at radius 2 is 1.91 bits per heavy atom. The molecule has 7 heteroatoms. The van der Waals surface area contributed by atoms with Crippen LogP contribution in [0.1, 0.15) is 48.6 Å². The first kappa shape index (κ1) is 24.1. The Labute approximate surface area is 197 Å². The van der Waals surface area contributed by atoms with Crippen LogP contribution in [0.5, 0.6) is 5.75 Å². The maximum absolute atomic E-state index is 13.0. The molecular formula is C26H26FN3O2S. The highest BCUT2D eigenvalue weighted by Crippen LogP contribution is 2.22. The van der Waals surface area contributed by atoms with E-state index in [1.807, 2.05) is 30.3 Å². The topological polar surface area (TPSA) is 75.0 Å². The van der Waals surface area contributed by atoms with Crippen molar-refractivity contribution in [3.63, 3.8) is 0 Å². The first-order valence-electron chi connectivity index (χ1n) is 10.9. The van der Waals surface area contributed by atoms with E-state index in [2.05, 4.69) is 17.2 Å². The number of nitrogens with one attached hydrogen (secondary N) is 1. The number of carbonyl (C=O) groups is 1. The van der Waals surface area contributed by atoms with Crippen LogP contribution < -0.4 is 10.1 Å². The third kappa shape index (κ3) is 7.85. The predicted octanol–water partition coefficient (Wildman–Crippen LogP) is 6.38. The molecular weight excluding hydrogens is 437 g/mol. The number of hydrogen-bond donors (Lipinski definition) is 1. The maximum atomic E-state index is 13.0. The summed E-state index contributed by atoms with van der Waals surface area (Å²) in [7, 11) is 0. The molecule has 0 radical (unpaired) electrons. The Morgan fingerprint density at radius 3 is 2.61 bits per heavy atom. The Hall–Kier alpha value is -3.50. The van der Waals surface area contributed by atoms with Crippen molar-refractivity contribution >= 4 is 28.5 Å². The van der Waals surface area contributed by atoms with Crippen molar-refractivity contribution in [3.8, 4) is 11.8 Å². The molecule has 3 aromatic rings.